The number of rotatable bonds is 0. The second-order valence-electron chi connectivity index (χ2n) is 2.99. The van der Waals surface area contributed by atoms with Gasteiger partial charge >= 0.3 is 6.18 Å². The molecule has 0 saturated heterocycles. The van der Waals surface area contributed by atoms with Gasteiger partial charge in [-0.1, -0.05) is 5.92 Å². The van der Waals surface area contributed by atoms with Crippen LogP contribution in [0.2, 0.25) is 0 Å². The number of anilines is 2. The summed E-state index contributed by atoms with van der Waals surface area (Å²) in [7, 11) is 0. The van der Waals surface area contributed by atoms with Crippen LogP contribution in [-0.2, 0) is 6.18 Å². The first-order valence-corrected chi connectivity index (χ1v) is 4.16. The lowest BCUT2D eigenvalue weighted by Gasteiger charge is -2.14. The SMILES string of the molecule is CC#Cc1c(F)c(N)cc(N)c1C(F)(F)F. The van der Waals surface area contributed by atoms with Crippen molar-refractivity contribution >= 4 is 11.4 Å². The van der Waals surface area contributed by atoms with Gasteiger partial charge in [-0.15, -0.1) is 5.92 Å². The molecule has 6 heteroatoms. The fraction of sp³-hybridized carbons (Fsp3) is 0.200. The normalized spacial score (nSPS) is 10.8. The van der Waals surface area contributed by atoms with Gasteiger partial charge in [0, 0.05) is 5.69 Å². The monoisotopic (exact) mass is 232 g/mol. The van der Waals surface area contributed by atoms with E-state index in [0.717, 1.165) is 6.07 Å². The van der Waals surface area contributed by atoms with Crippen molar-refractivity contribution in [2.75, 3.05) is 11.5 Å². The van der Waals surface area contributed by atoms with Gasteiger partial charge in [0.25, 0.3) is 0 Å². The summed E-state index contributed by atoms with van der Waals surface area (Å²) in [4.78, 5) is 0. The molecule has 0 unspecified atom stereocenters. The summed E-state index contributed by atoms with van der Waals surface area (Å²) in [5.74, 6) is 3.02. The fourth-order valence-corrected chi connectivity index (χ4v) is 1.25. The molecule has 4 N–H and O–H groups in total. The standard InChI is InChI=1S/C10H8F4N2/c1-2-3-5-8(10(12,13)14)6(15)4-7(16)9(5)11/h4H,15-16H2,1H3. The smallest absolute Gasteiger partial charge is 0.398 e. The number of benzene rings is 1. The summed E-state index contributed by atoms with van der Waals surface area (Å²) in [6, 6.07) is 0.735. The van der Waals surface area contributed by atoms with Crippen molar-refractivity contribution in [2.45, 2.75) is 13.1 Å². The summed E-state index contributed by atoms with van der Waals surface area (Å²) in [6.45, 7) is 1.29. The first-order valence-electron chi connectivity index (χ1n) is 4.16. The van der Waals surface area contributed by atoms with Gasteiger partial charge in [0.15, 0.2) is 5.82 Å². The Bertz CT molecular complexity index is 480. The van der Waals surface area contributed by atoms with E-state index in [4.69, 9.17) is 11.5 Å². The number of alkyl halides is 3. The predicted octanol–water partition coefficient (Wildman–Crippen LogP) is 2.38. The zero-order chi connectivity index (χ0) is 12.5. The first kappa shape index (κ1) is 12.2. The Hall–Kier alpha value is -1.90. The maximum Gasteiger partial charge on any atom is 0.419 e. The number of hydrogen-bond acceptors (Lipinski definition) is 2. The van der Waals surface area contributed by atoms with Gasteiger partial charge < -0.3 is 11.5 Å². The highest BCUT2D eigenvalue weighted by molar-refractivity contribution is 5.66. The maximum atomic E-state index is 13.4. The number of hydrogen-bond donors (Lipinski definition) is 2. The summed E-state index contributed by atoms with van der Waals surface area (Å²) in [5.41, 5.74) is 7.16. The molecule has 0 spiro atoms. The van der Waals surface area contributed by atoms with E-state index in [-0.39, 0.29) is 0 Å². The van der Waals surface area contributed by atoms with E-state index >= 15 is 0 Å². The molecule has 0 atom stereocenters. The first-order chi connectivity index (χ1) is 7.29. The molecule has 0 aliphatic carbocycles. The van der Waals surface area contributed by atoms with E-state index in [1.165, 1.54) is 6.92 Å². The van der Waals surface area contributed by atoms with Crippen molar-refractivity contribution in [3.63, 3.8) is 0 Å². The second-order valence-corrected chi connectivity index (χ2v) is 2.99. The lowest BCUT2D eigenvalue weighted by molar-refractivity contribution is -0.137. The summed E-state index contributed by atoms with van der Waals surface area (Å²) < 4.78 is 51.1. The average molecular weight is 232 g/mol. The molecule has 86 valence electrons. The van der Waals surface area contributed by atoms with E-state index < -0.39 is 34.5 Å². The highest BCUT2D eigenvalue weighted by Gasteiger charge is 2.37. The highest BCUT2D eigenvalue weighted by Crippen LogP contribution is 2.38. The molecule has 0 bridgehead atoms. The van der Waals surface area contributed by atoms with Gasteiger partial charge in [-0.05, 0) is 13.0 Å². The lowest BCUT2D eigenvalue weighted by atomic mass is 10.0. The van der Waals surface area contributed by atoms with Crippen LogP contribution in [-0.4, -0.2) is 0 Å². The van der Waals surface area contributed by atoms with Crippen LogP contribution >= 0.6 is 0 Å². The van der Waals surface area contributed by atoms with Crippen molar-refractivity contribution in [2.24, 2.45) is 0 Å². The minimum absolute atomic E-state index is 0.455. The topological polar surface area (TPSA) is 52.0 Å². The molecule has 16 heavy (non-hydrogen) atoms. The van der Waals surface area contributed by atoms with Crippen LogP contribution in [0.1, 0.15) is 18.1 Å². The van der Waals surface area contributed by atoms with Crippen molar-refractivity contribution < 1.29 is 17.6 Å². The highest BCUT2D eigenvalue weighted by atomic mass is 19.4. The molecule has 2 nitrogen and oxygen atoms in total. The van der Waals surface area contributed by atoms with Gasteiger partial charge in [0.05, 0.1) is 16.8 Å². The third-order valence-corrected chi connectivity index (χ3v) is 1.86. The Morgan fingerprint density at radius 2 is 1.75 bits per heavy atom. The Morgan fingerprint density at radius 1 is 1.19 bits per heavy atom. The Kier molecular flexibility index (Phi) is 2.99. The Labute approximate surface area is 89.2 Å². The molecule has 0 aromatic heterocycles. The van der Waals surface area contributed by atoms with Gasteiger partial charge in [-0.2, -0.15) is 13.2 Å². The van der Waals surface area contributed by atoms with E-state index in [1.54, 1.807) is 0 Å². The molecular formula is C10H8F4N2. The van der Waals surface area contributed by atoms with Crippen molar-refractivity contribution in [3.8, 4) is 11.8 Å². The lowest BCUT2D eigenvalue weighted by Crippen LogP contribution is -2.14. The van der Waals surface area contributed by atoms with Crippen molar-refractivity contribution in [1.82, 2.24) is 0 Å². The van der Waals surface area contributed by atoms with Crippen LogP contribution in [0.3, 0.4) is 0 Å². The molecule has 0 heterocycles. The third kappa shape index (κ3) is 2.03. The Morgan fingerprint density at radius 3 is 2.19 bits per heavy atom. The van der Waals surface area contributed by atoms with E-state index in [1.807, 2.05) is 5.92 Å². The minimum Gasteiger partial charge on any atom is -0.398 e. The summed E-state index contributed by atoms with van der Waals surface area (Å²) in [6.07, 6.45) is -4.77. The van der Waals surface area contributed by atoms with Crippen LogP contribution in [0.5, 0.6) is 0 Å². The quantitative estimate of drug-likeness (QED) is 0.410. The largest absolute Gasteiger partial charge is 0.419 e. The second kappa shape index (κ2) is 3.93. The molecule has 0 aliphatic rings. The minimum atomic E-state index is -4.77. The Balaban J connectivity index is 3.69. The van der Waals surface area contributed by atoms with Crippen molar-refractivity contribution in [1.29, 1.82) is 0 Å². The molecule has 0 amide bonds. The van der Waals surface area contributed by atoms with Crippen LogP contribution < -0.4 is 11.5 Å². The molecule has 0 fully saturated rings. The van der Waals surface area contributed by atoms with E-state index in [2.05, 4.69) is 5.92 Å². The van der Waals surface area contributed by atoms with Gasteiger partial charge in [0.2, 0.25) is 0 Å². The molecule has 0 aliphatic heterocycles. The van der Waals surface area contributed by atoms with Crippen LogP contribution in [0.4, 0.5) is 28.9 Å². The molecule has 1 rings (SSSR count). The summed E-state index contributed by atoms with van der Waals surface area (Å²) >= 11 is 0. The molecular weight excluding hydrogens is 224 g/mol. The van der Waals surface area contributed by atoms with Gasteiger partial charge in [-0.3, -0.25) is 0 Å². The number of nitrogen functional groups attached to an aromatic ring is 2. The van der Waals surface area contributed by atoms with Gasteiger partial charge in [0.1, 0.15) is 0 Å². The average Bonchev–Trinajstić information content (AvgIpc) is 2.11. The summed E-state index contributed by atoms with van der Waals surface area (Å²) in [5, 5.41) is 0. The van der Waals surface area contributed by atoms with E-state index in [0.29, 0.717) is 0 Å². The number of halogens is 4. The zero-order valence-corrected chi connectivity index (χ0v) is 8.24. The molecule has 1 aromatic rings. The van der Waals surface area contributed by atoms with Crippen molar-refractivity contribution in [3.05, 3.63) is 23.0 Å². The van der Waals surface area contributed by atoms with Crippen LogP contribution in [0.15, 0.2) is 6.07 Å². The third-order valence-electron chi connectivity index (χ3n) is 1.86. The molecule has 0 radical (unpaired) electrons. The molecule has 0 saturated carbocycles. The maximum absolute atomic E-state index is 13.4. The van der Waals surface area contributed by atoms with E-state index in [9.17, 15) is 17.6 Å². The predicted molar refractivity (Wildman–Crippen MR) is 52.8 cm³/mol. The molecule has 1 aromatic carbocycles. The number of nitrogens with two attached hydrogens (primary N) is 2. The van der Waals surface area contributed by atoms with Crippen LogP contribution in [0.25, 0.3) is 0 Å². The van der Waals surface area contributed by atoms with Gasteiger partial charge in [-0.25, -0.2) is 4.39 Å². The fourth-order valence-electron chi connectivity index (χ4n) is 1.25. The zero-order valence-electron chi connectivity index (χ0n) is 8.24. The van der Waals surface area contributed by atoms with Crippen LogP contribution in [0, 0.1) is 17.7 Å².